The van der Waals surface area contributed by atoms with Gasteiger partial charge in [-0.25, -0.2) is 4.18 Å². The lowest BCUT2D eigenvalue weighted by Crippen LogP contribution is -2.68. The molecule has 3 nitrogen and oxygen atoms in total. The number of alkyl halides is 9. The van der Waals surface area contributed by atoms with Gasteiger partial charge in [0.2, 0.25) is 0 Å². The minimum Gasteiger partial charge on any atom is -0.231 e. The van der Waals surface area contributed by atoms with E-state index in [0.717, 1.165) is 12.1 Å². The molecule has 0 unspecified atom stereocenters. The van der Waals surface area contributed by atoms with Crippen LogP contribution in [0.3, 0.4) is 0 Å². The quantitative estimate of drug-likeness (QED) is 0.496. The molecule has 138 valence electrons. The molecule has 0 aliphatic carbocycles. The Morgan fingerprint density at radius 3 is 1.38 bits per heavy atom. The van der Waals surface area contributed by atoms with Gasteiger partial charge >= 0.3 is 24.1 Å². The first-order valence-corrected chi connectivity index (χ1v) is 7.57. The topological polar surface area (TPSA) is 43.4 Å². The highest BCUT2D eigenvalue weighted by atomic mass is 79.9. The summed E-state index contributed by atoms with van der Waals surface area (Å²) < 4.78 is 140. The lowest BCUT2D eigenvalue weighted by molar-refractivity contribution is -0.436. The third kappa shape index (κ3) is 3.64. The Morgan fingerprint density at radius 2 is 1.08 bits per heavy atom. The minimum absolute atomic E-state index is 0.162. The minimum atomic E-state index is -7.15. The van der Waals surface area contributed by atoms with Crippen LogP contribution in [-0.4, -0.2) is 32.5 Å². The molecule has 0 bridgehead atoms. The first-order chi connectivity index (χ1) is 10.5. The van der Waals surface area contributed by atoms with Crippen LogP contribution in [0.15, 0.2) is 33.6 Å². The summed E-state index contributed by atoms with van der Waals surface area (Å²) in [5, 5.41) is 0. The molecule has 0 saturated heterocycles. The van der Waals surface area contributed by atoms with Gasteiger partial charge in [-0.1, -0.05) is 15.9 Å². The van der Waals surface area contributed by atoms with Crippen molar-refractivity contribution in [2.24, 2.45) is 0 Å². The SMILES string of the molecule is O=S(=O)(OC(C(F)(F)F)(C(F)(F)F)C(F)(F)F)c1ccc(Br)cc1. The molecule has 1 aromatic carbocycles. The zero-order valence-corrected chi connectivity index (χ0v) is 13.1. The molecule has 0 heterocycles. The molecule has 0 saturated carbocycles. The molecular weight excluding hydrogens is 451 g/mol. The first-order valence-electron chi connectivity index (χ1n) is 5.37. The third-order valence-corrected chi connectivity index (χ3v) is 4.38. The fourth-order valence-corrected chi connectivity index (χ4v) is 2.88. The summed E-state index contributed by atoms with van der Waals surface area (Å²) in [5.74, 6) is 0. The van der Waals surface area contributed by atoms with Crippen molar-refractivity contribution in [3.05, 3.63) is 28.7 Å². The highest BCUT2D eigenvalue weighted by molar-refractivity contribution is 9.10. The molecular formula is C10H4BrF9O3S. The average Bonchev–Trinajstić information content (AvgIpc) is 2.32. The zero-order valence-electron chi connectivity index (χ0n) is 10.7. The van der Waals surface area contributed by atoms with E-state index in [1.807, 2.05) is 0 Å². The standard InChI is InChI=1S/C10H4BrF9O3S/c11-5-1-3-6(4-2-5)24(21,22)23-7(8(12,13)14,9(15,16)17)10(18,19)20/h1-4H. The van der Waals surface area contributed by atoms with Crippen LogP contribution in [0.5, 0.6) is 0 Å². The lowest BCUT2D eigenvalue weighted by atomic mass is 10.0. The van der Waals surface area contributed by atoms with Crippen LogP contribution in [0, 0.1) is 0 Å². The van der Waals surface area contributed by atoms with Gasteiger partial charge in [0.1, 0.15) is 0 Å². The van der Waals surface area contributed by atoms with Gasteiger partial charge in [-0.15, -0.1) is 0 Å². The van der Waals surface area contributed by atoms with E-state index in [2.05, 4.69) is 20.1 Å². The Morgan fingerprint density at radius 1 is 0.750 bits per heavy atom. The number of halogens is 10. The summed E-state index contributed by atoms with van der Waals surface area (Å²) in [6.45, 7) is 0. The predicted molar refractivity (Wildman–Crippen MR) is 63.3 cm³/mol. The average molecular weight is 455 g/mol. The normalized spacial score (nSPS) is 14.8. The molecule has 0 N–H and O–H groups in total. The van der Waals surface area contributed by atoms with Gasteiger partial charge in [-0.2, -0.15) is 47.9 Å². The van der Waals surface area contributed by atoms with Crippen molar-refractivity contribution >= 4 is 26.0 Å². The number of benzene rings is 1. The second-order valence-electron chi connectivity index (χ2n) is 4.17. The van der Waals surface area contributed by atoms with Crippen molar-refractivity contribution in [3.8, 4) is 0 Å². The van der Waals surface area contributed by atoms with Crippen molar-refractivity contribution in [1.82, 2.24) is 0 Å². The Hall–Kier alpha value is -1.02. The molecule has 0 aliphatic heterocycles. The molecule has 24 heavy (non-hydrogen) atoms. The molecule has 0 amide bonds. The van der Waals surface area contributed by atoms with Crippen LogP contribution in [0.25, 0.3) is 0 Å². The molecule has 0 atom stereocenters. The van der Waals surface area contributed by atoms with E-state index in [-0.39, 0.29) is 4.47 Å². The Labute approximate surface area is 136 Å². The largest absolute Gasteiger partial charge is 0.437 e. The number of hydrogen-bond donors (Lipinski definition) is 0. The maximum absolute atomic E-state index is 12.6. The maximum Gasteiger partial charge on any atom is 0.437 e. The second kappa shape index (κ2) is 6.05. The van der Waals surface area contributed by atoms with Gasteiger partial charge in [0.25, 0.3) is 10.1 Å². The van der Waals surface area contributed by atoms with E-state index in [0.29, 0.717) is 12.1 Å². The molecule has 1 aromatic rings. The van der Waals surface area contributed by atoms with Crippen molar-refractivity contribution in [2.75, 3.05) is 0 Å². The van der Waals surface area contributed by atoms with Crippen LogP contribution < -0.4 is 0 Å². The van der Waals surface area contributed by atoms with Crippen molar-refractivity contribution < 1.29 is 52.1 Å². The van der Waals surface area contributed by atoms with Gasteiger partial charge < -0.3 is 0 Å². The maximum atomic E-state index is 12.6. The second-order valence-corrected chi connectivity index (χ2v) is 6.63. The van der Waals surface area contributed by atoms with E-state index >= 15 is 0 Å². The lowest BCUT2D eigenvalue weighted by Gasteiger charge is -2.37. The Kier molecular flexibility index (Phi) is 5.30. The van der Waals surface area contributed by atoms with E-state index in [9.17, 15) is 47.9 Å². The summed E-state index contributed by atoms with van der Waals surface area (Å²) in [5.41, 5.74) is -6.90. The fraction of sp³-hybridized carbons (Fsp3) is 0.400. The van der Waals surface area contributed by atoms with Crippen LogP contribution in [-0.2, 0) is 14.3 Å². The van der Waals surface area contributed by atoms with Crippen LogP contribution in [0.2, 0.25) is 0 Å². The van der Waals surface area contributed by atoms with Gasteiger partial charge in [0, 0.05) is 4.47 Å². The van der Waals surface area contributed by atoms with Crippen molar-refractivity contribution in [3.63, 3.8) is 0 Å². The third-order valence-electron chi connectivity index (χ3n) is 2.53. The Bertz CT molecular complexity index is 652. The number of hydrogen-bond acceptors (Lipinski definition) is 3. The van der Waals surface area contributed by atoms with Gasteiger partial charge in [-0.3, -0.25) is 0 Å². The first kappa shape index (κ1) is 21.0. The predicted octanol–water partition coefficient (Wildman–Crippen LogP) is 4.58. The van der Waals surface area contributed by atoms with Crippen molar-refractivity contribution in [1.29, 1.82) is 0 Å². The molecule has 0 aromatic heterocycles. The monoisotopic (exact) mass is 454 g/mol. The highest BCUT2D eigenvalue weighted by Gasteiger charge is 2.87. The van der Waals surface area contributed by atoms with E-state index < -0.39 is 39.1 Å². The van der Waals surface area contributed by atoms with E-state index in [4.69, 9.17) is 0 Å². The molecule has 0 aliphatic rings. The smallest absolute Gasteiger partial charge is 0.231 e. The molecule has 1 rings (SSSR count). The Balaban J connectivity index is 3.61. The summed E-state index contributed by atoms with van der Waals surface area (Å²) in [4.78, 5) is -1.33. The summed E-state index contributed by atoms with van der Waals surface area (Å²) in [6.07, 6.45) is -21.4. The summed E-state index contributed by atoms with van der Waals surface area (Å²) in [6, 6.07) is 2.67. The fourth-order valence-electron chi connectivity index (χ4n) is 1.44. The van der Waals surface area contributed by atoms with Crippen LogP contribution in [0.1, 0.15) is 0 Å². The van der Waals surface area contributed by atoms with Crippen LogP contribution >= 0.6 is 15.9 Å². The van der Waals surface area contributed by atoms with Crippen LogP contribution in [0.4, 0.5) is 39.5 Å². The van der Waals surface area contributed by atoms with E-state index in [1.54, 1.807) is 0 Å². The summed E-state index contributed by atoms with van der Waals surface area (Å²) >= 11 is 2.79. The van der Waals surface area contributed by atoms with Crippen molar-refractivity contribution in [2.45, 2.75) is 29.0 Å². The molecule has 0 fully saturated rings. The van der Waals surface area contributed by atoms with E-state index in [1.165, 1.54) is 0 Å². The van der Waals surface area contributed by atoms with Gasteiger partial charge in [0.15, 0.2) is 0 Å². The van der Waals surface area contributed by atoms with Gasteiger partial charge in [-0.05, 0) is 24.3 Å². The zero-order chi connectivity index (χ0) is 19.2. The molecule has 0 spiro atoms. The highest BCUT2D eigenvalue weighted by Crippen LogP contribution is 2.55. The summed E-state index contributed by atoms with van der Waals surface area (Å²) in [7, 11) is -6.06. The molecule has 14 heteroatoms. The van der Waals surface area contributed by atoms with Gasteiger partial charge in [0.05, 0.1) is 4.90 Å². The molecule has 0 radical (unpaired) electrons. The number of rotatable bonds is 3.